The Hall–Kier alpha value is -4.97. The zero-order valence-electron chi connectivity index (χ0n) is 27.4. The van der Waals surface area contributed by atoms with E-state index in [1.807, 2.05) is 74.5 Å². The highest BCUT2D eigenvalue weighted by atomic mass is 32.2. The molecular weight excluding hydrogens is 630 g/mol. The van der Waals surface area contributed by atoms with Crippen LogP contribution in [0.1, 0.15) is 55.8 Å². The van der Waals surface area contributed by atoms with Crippen molar-refractivity contribution in [1.82, 2.24) is 20.2 Å². The number of β-lactam (4-membered cyclic amide) rings is 1. The van der Waals surface area contributed by atoms with Gasteiger partial charge in [0.2, 0.25) is 0 Å². The van der Waals surface area contributed by atoms with E-state index in [2.05, 4.69) is 15.3 Å². The number of hydrogen-bond donors (Lipinski definition) is 1. The van der Waals surface area contributed by atoms with Crippen molar-refractivity contribution in [3.05, 3.63) is 112 Å². The minimum absolute atomic E-state index is 0.0490. The molecule has 0 unspecified atom stereocenters. The van der Waals surface area contributed by atoms with Gasteiger partial charge in [0, 0.05) is 17.9 Å². The van der Waals surface area contributed by atoms with Crippen LogP contribution in [0.5, 0.6) is 0 Å². The van der Waals surface area contributed by atoms with Crippen molar-refractivity contribution >= 4 is 41.5 Å². The fourth-order valence-electron chi connectivity index (χ4n) is 5.94. The lowest BCUT2D eigenvalue weighted by molar-refractivity contribution is -0.153. The van der Waals surface area contributed by atoms with Gasteiger partial charge in [-0.15, -0.1) is 11.8 Å². The summed E-state index contributed by atoms with van der Waals surface area (Å²) in [7, 11) is 0. The van der Waals surface area contributed by atoms with Gasteiger partial charge in [-0.2, -0.15) is 0 Å². The smallest absolute Gasteiger partial charge is 0.408 e. The van der Waals surface area contributed by atoms with Gasteiger partial charge >= 0.3 is 12.1 Å². The molecule has 0 bridgehead atoms. The summed E-state index contributed by atoms with van der Waals surface area (Å²) in [5, 5.41) is 2.10. The van der Waals surface area contributed by atoms with Gasteiger partial charge < -0.3 is 14.8 Å². The van der Waals surface area contributed by atoms with E-state index in [0.29, 0.717) is 41.4 Å². The third-order valence-corrected chi connectivity index (χ3v) is 9.37. The Morgan fingerprint density at radius 3 is 2.27 bits per heavy atom. The third-order valence-electron chi connectivity index (χ3n) is 8.06. The average Bonchev–Trinajstić information content (AvgIpc) is 3.41. The first-order chi connectivity index (χ1) is 22.9. The summed E-state index contributed by atoms with van der Waals surface area (Å²) in [6.07, 6.45) is 2.26. The molecule has 1 aromatic heterocycles. The number of ether oxygens (including phenoxy) is 2. The summed E-state index contributed by atoms with van der Waals surface area (Å²) in [4.78, 5) is 66.1. The van der Waals surface area contributed by atoms with Crippen LogP contribution in [-0.4, -0.2) is 68.1 Å². The minimum atomic E-state index is -0.896. The van der Waals surface area contributed by atoms with Crippen molar-refractivity contribution < 1.29 is 28.7 Å². The fraction of sp³-hybridized carbons (Fsp3) is 0.333. The first kappa shape index (κ1) is 33.0. The number of rotatable bonds is 7. The van der Waals surface area contributed by atoms with E-state index in [1.165, 1.54) is 16.7 Å². The molecule has 0 radical (unpaired) electrons. The normalized spacial score (nSPS) is 20.2. The molecule has 12 heteroatoms. The summed E-state index contributed by atoms with van der Waals surface area (Å²) < 4.78 is 11.6. The van der Waals surface area contributed by atoms with Crippen LogP contribution in [0.25, 0.3) is 0 Å². The minimum Gasteiger partial charge on any atom is -0.448 e. The number of anilines is 1. The number of amides is 3. The molecule has 3 amide bonds. The number of alkyl carbamates (subject to hydrolysis) is 1. The number of thioether (sulfide) groups is 1. The molecule has 2 aromatic carbocycles. The first-order valence-corrected chi connectivity index (χ1v) is 16.8. The second kappa shape index (κ2) is 13.3. The molecule has 2 atom stereocenters. The molecule has 48 heavy (non-hydrogen) atoms. The number of carbonyl (C=O) groups is 4. The van der Waals surface area contributed by atoms with Crippen LogP contribution in [-0.2, 0) is 23.9 Å². The zero-order chi connectivity index (χ0) is 34.2. The lowest BCUT2D eigenvalue weighted by Gasteiger charge is -2.49. The topological polar surface area (TPSA) is 131 Å². The molecule has 2 fully saturated rings. The third kappa shape index (κ3) is 6.70. The molecule has 4 heterocycles. The molecule has 6 rings (SSSR count). The van der Waals surface area contributed by atoms with Crippen LogP contribution in [0.2, 0.25) is 0 Å². The van der Waals surface area contributed by atoms with E-state index >= 15 is 0 Å². The van der Waals surface area contributed by atoms with Crippen LogP contribution < -0.4 is 10.2 Å². The number of nitrogens with one attached hydrogen (secondary N) is 1. The maximum atomic E-state index is 14.3. The van der Waals surface area contributed by atoms with Gasteiger partial charge in [-0.1, -0.05) is 60.7 Å². The lowest BCUT2D eigenvalue weighted by atomic mass is 10.00. The summed E-state index contributed by atoms with van der Waals surface area (Å²) in [5.74, 6) is -0.636. The van der Waals surface area contributed by atoms with Crippen LogP contribution in [0.4, 0.5) is 10.6 Å². The lowest BCUT2D eigenvalue weighted by Crippen LogP contribution is -2.70. The average molecular weight is 668 g/mol. The Kier molecular flexibility index (Phi) is 9.11. The Morgan fingerprint density at radius 2 is 1.67 bits per heavy atom. The predicted octanol–water partition coefficient (Wildman–Crippen LogP) is 5.15. The van der Waals surface area contributed by atoms with Gasteiger partial charge in [0.05, 0.1) is 17.6 Å². The number of fused-ring (bicyclic) bond motifs is 1. The van der Waals surface area contributed by atoms with Gasteiger partial charge in [0.1, 0.15) is 22.7 Å². The maximum absolute atomic E-state index is 14.3. The van der Waals surface area contributed by atoms with E-state index in [9.17, 15) is 19.2 Å². The second-order valence-electron chi connectivity index (χ2n) is 12.8. The standard InChI is InChI=1S/C36H37N5O6S/c1-21-19-37-30(22(2)38-21)40-17-16-25(31(40)42)18-26-20-48-33-27(39-35(45)47-36(3,4)5)32(43)41(33)28(26)34(44)46-29(23-12-8-6-9-13-23)24-14-10-7-11-15-24/h6-15,18-19,27,29,33H,16-17,20H2,1-5H3,(H,39,45)/b25-18+/t27-,33-/m1/s1. The molecule has 0 saturated carbocycles. The summed E-state index contributed by atoms with van der Waals surface area (Å²) >= 11 is 1.39. The van der Waals surface area contributed by atoms with E-state index in [-0.39, 0.29) is 11.6 Å². The number of nitrogens with zero attached hydrogens (tertiary/aromatic N) is 4. The van der Waals surface area contributed by atoms with Crippen molar-refractivity contribution in [1.29, 1.82) is 0 Å². The highest BCUT2D eigenvalue weighted by Gasteiger charge is 2.55. The van der Waals surface area contributed by atoms with Gasteiger partial charge in [0.25, 0.3) is 11.8 Å². The Balaban J connectivity index is 1.35. The van der Waals surface area contributed by atoms with Crippen molar-refractivity contribution in [2.75, 3.05) is 17.2 Å². The molecule has 1 N–H and O–H groups in total. The Bertz CT molecular complexity index is 1780. The number of esters is 1. The van der Waals surface area contributed by atoms with Gasteiger partial charge in [-0.05, 0) is 63.8 Å². The highest BCUT2D eigenvalue weighted by molar-refractivity contribution is 8.00. The highest BCUT2D eigenvalue weighted by Crippen LogP contribution is 2.43. The quantitative estimate of drug-likeness (QED) is 0.207. The molecule has 3 aliphatic rings. The molecule has 0 aliphatic carbocycles. The summed E-state index contributed by atoms with van der Waals surface area (Å²) in [5.41, 5.74) is 3.18. The molecule has 248 valence electrons. The van der Waals surface area contributed by atoms with Crippen LogP contribution in [0.15, 0.2) is 89.8 Å². The molecule has 2 saturated heterocycles. The summed E-state index contributed by atoms with van der Waals surface area (Å²) in [6.45, 7) is 9.27. The molecule has 3 aliphatic heterocycles. The monoisotopic (exact) mass is 667 g/mol. The maximum Gasteiger partial charge on any atom is 0.408 e. The van der Waals surface area contributed by atoms with E-state index in [4.69, 9.17) is 9.47 Å². The van der Waals surface area contributed by atoms with Gasteiger partial charge in [-0.25, -0.2) is 14.6 Å². The molecule has 0 spiro atoms. The van der Waals surface area contributed by atoms with Crippen LogP contribution in [0, 0.1) is 13.8 Å². The van der Waals surface area contributed by atoms with E-state index in [0.717, 1.165) is 16.8 Å². The molecule has 3 aromatic rings. The number of aromatic nitrogens is 2. The number of allylic oxidation sites excluding steroid dienone is 1. The van der Waals surface area contributed by atoms with Gasteiger partial charge in [0.15, 0.2) is 11.9 Å². The van der Waals surface area contributed by atoms with Crippen molar-refractivity contribution in [3.8, 4) is 0 Å². The van der Waals surface area contributed by atoms with Gasteiger partial charge in [-0.3, -0.25) is 24.4 Å². The van der Waals surface area contributed by atoms with Crippen molar-refractivity contribution in [2.24, 2.45) is 0 Å². The van der Waals surface area contributed by atoms with Crippen molar-refractivity contribution in [2.45, 2.75) is 64.2 Å². The van der Waals surface area contributed by atoms with Crippen molar-refractivity contribution in [3.63, 3.8) is 0 Å². The number of aryl methyl sites for hydroxylation is 2. The Morgan fingerprint density at radius 1 is 1.02 bits per heavy atom. The van der Waals surface area contributed by atoms with Crippen LogP contribution >= 0.6 is 11.8 Å². The van der Waals surface area contributed by atoms with Crippen LogP contribution in [0.3, 0.4) is 0 Å². The SMILES string of the molecule is Cc1cnc(N2CC/C(=C\C3=C(C(=O)OC(c4ccccc4)c4ccccc4)N4C(=O)[C@@H](NC(=O)OC(C)(C)C)[C@H]4SC3)C2=O)c(C)n1. The predicted molar refractivity (Wildman–Crippen MR) is 181 cm³/mol. The largest absolute Gasteiger partial charge is 0.448 e. The number of benzene rings is 2. The Labute approximate surface area is 283 Å². The fourth-order valence-corrected chi connectivity index (χ4v) is 7.25. The molecule has 11 nitrogen and oxygen atoms in total. The number of carbonyl (C=O) groups excluding carboxylic acids is 4. The van der Waals surface area contributed by atoms with E-state index < -0.39 is 41.1 Å². The first-order valence-electron chi connectivity index (χ1n) is 15.7. The second-order valence-corrected chi connectivity index (χ2v) is 13.9. The number of hydrogen-bond acceptors (Lipinski definition) is 9. The zero-order valence-corrected chi connectivity index (χ0v) is 28.2. The molecular formula is C36H37N5O6S. The summed E-state index contributed by atoms with van der Waals surface area (Å²) in [6, 6.07) is 17.8. The van der Waals surface area contributed by atoms with E-state index in [1.54, 1.807) is 37.9 Å².